The van der Waals surface area contributed by atoms with Gasteiger partial charge in [-0.25, -0.2) is 0 Å². The molecule has 0 aliphatic heterocycles. The SMILES string of the molecule is Cc1ccc(NC(=O)Cn2c(N)nnc2SCc2ccccc2)cc1Cl. The van der Waals surface area contributed by atoms with Crippen LogP contribution < -0.4 is 11.1 Å². The highest BCUT2D eigenvalue weighted by atomic mass is 35.5. The van der Waals surface area contributed by atoms with Gasteiger partial charge in [0.15, 0.2) is 5.16 Å². The van der Waals surface area contributed by atoms with E-state index in [1.807, 2.05) is 43.3 Å². The molecule has 1 heterocycles. The van der Waals surface area contributed by atoms with Gasteiger partial charge in [0.05, 0.1) is 0 Å². The maximum Gasteiger partial charge on any atom is 0.244 e. The van der Waals surface area contributed by atoms with Crippen LogP contribution in [0.4, 0.5) is 11.6 Å². The van der Waals surface area contributed by atoms with E-state index in [0.29, 0.717) is 21.6 Å². The number of nitrogens with two attached hydrogens (primary N) is 1. The third-order valence-corrected chi connectivity index (χ3v) is 5.16. The molecule has 1 aromatic heterocycles. The zero-order valence-electron chi connectivity index (χ0n) is 14.1. The van der Waals surface area contributed by atoms with Crippen molar-refractivity contribution in [1.29, 1.82) is 0 Å². The van der Waals surface area contributed by atoms with Crippen molar-refractivity contribution in [2.45, 2.75) is 24.4 Å². The van der Waals surface area contributed by atoms with Crippen LogP contribution in [0.3, 0.4) is 0 Å². The third kappa shape index (κ3) is 4.56. The first-order chi connectivity index (χ1) is 12.5. The van der Waals surface area contributed by atoms with Crippen molar-refractivity contribution in [3.8, 4) is 0 Å². The van der Waals surface area contributed by atoms with Crippen LogP contribution in [-0.4, -0.2) is 20.7 Å². The van der Waals surface area contributed by atoms with Gasteiger partial charge in [-0.05, 0) is 30.2 Å². The molecule has 1 amide bonds. The molecule has 3 N–H and O–H groups in total. The van der Waals surface area contributed by atoms with Crippen LogP contribution in [-0.2, 0) is 17.1 Å². The molecular formula is C18H18ClN5OS. The number of aromatic nitrogens is 3. The molecule has 0 saturated carbocycles. The average molecular weight is 388 g/mol. The minimum atomic E-state index is -0.224. The summed E-state index contributed by atoms with van der Waals surface area (Å²) in [5, 5.41) is 12.0. The molecule has 0 aliphatic carbocycles. The Kier molecular flexibility index (Phi) is 5.80. The van der Waals surface area contributed by atoms with Gasteiger partial charge in [0.2, 0.25) is 11.9 Å². The monoisotopic (exact) mass is 387 g/mol. The Bertz CT molecular complexity index is 913. The van der Waals surface area contributed by atoms with Crippen molar-refractivity contribution >= 4 is 40.9 Å². The normalized spacial score (nSPS) is 10.7. The molecule has 6 nitrogen and oxygen atoms in total. The molecule has 2 aromatic carbocycles. The highest BCUT2D eigenvalue weighted by Crippen LogP contribution is 2.23. The number of carbonyl (C=O) groups excluding carboxylic acids is 1. The molecule has 3 aromatic rings. The van der Waals surface area contributed by atoms with Crippen LogP contribution in [0.25, 0.3) is 0 Å². The zero-order valence-corrected chi connectivity index (χ0v) is 15.7. The molecule has 134 valence electrons. The minimum absolute atomic E-state index is 0.0292. The number of rotatable bonds is 6. The summed E-state index contributed by atoms with van der Waals surface area (Å²) in [6, 6.07) is 15.4. The summed E-state index contributed by atoms with van der Waals surface area (Å²) in [6.45, 7) is 1.93. The van der Waals surface area contributed by atoms with Crippen LogP contribution in [0.1, 0.15) is 11.1 Å². The van der Waals surface area contributed by atoms with Gasteiger partial charge in [0.1, 0.15) is 6.54 Å². The number of aryl methyl sites for hydroxylation is 1. The van der Waals surface area contributed by atoms with Gasteiger partial charge in [-0.15, -0.1) is 10.2 Å². The first-order valence-corrected chi connectivity index (χ1v) is 9.30. The average Bonchev–Trinajstić information content (AvgIpc) is 2.97. The Hall–Kier alpha value is -2.51. The predicted octanol–water partition coefficient (Wildman–Crippen LogP) is 3.75. The van der Waals surface area contributed by atoms with Crippen LogP contribution in [0.5, 0.6) is 0 Å². The van der Waals surface area contributed by atoms with E-state index in [4.69, 9.17) is 17.3 Å². The largest absolute Gasteiger partial charge is 0.368 e. The Morgan fingerprint density at radius 2 is 2.00 bits per heavy atom. The molecule has 0 atom stereocenters. The number of anilines is 2. The van der Waals surface area contributed by atoms with Crippen molar-refractivity contribution in [2.75, 3.05) is 11.1 Å². The van der Waals surface area contributed by atoms with Crippen LogP contribution in [0.15, 0.2) is 53.7 Å². The molecule has 0 radical (unpaired) electrons. The fourth-order valence-corrected chi connectivity index (χ4v) is 3.37. The van der Waals surface area contributed by atoms with Gasteiger partial charge in [-0.2, -0.15) is 0 Å². The highest BCUT2D eigenvalue weighted by Gasteiger charge is 2.14. The molecule has 0 aliphatic rings. The Labute approximate surface area is 160 Å². The van der Waals surface area contributed by atoms with Crippen molar-refractivity contribution in [3.05, 3.63) is 64.7 Å². The van der Waals surface area contributed by atoms with Crippen molar-refractivity contribution < 1.29 is 4.79 Å². The first kappa shape index (κ1) is 18.3. The Balaban J connectivity index is 1.66. The second-order valence-corrected chi connectivity index (χ2v) is 7.06. The quantitative estimate of drug-likeness (QED) is 0.629. The van der Waals surface area contributed by atoms with E-state index in [2.05, 4.69) is 15.5 Å². The van der Waals surface area contributed by atoms with Crippen molar-refractivity contribution in [1.82, 2.24) is 14.8 Å². The standard InChI is InChI=1S/C18H18ClN5OS/c1-12-7-8-14(9-15(12)19)21-16(25)10-24-17(20)22-23-18(24)26-11-13-5-3-2-4-6-13/h2-9H,10-11H2,1H3,(H2,20,22)(H,21,25). The first-order valence-electron chi connectivity index (χ1n) is 7.94. The zero-order chi connectivity index (χ0) is 18.5. The van der Waals surface area contributed by atoms with Gasteiger partial charge in [0.25, 0.3) is 0 Å². The van der Waals surface area contributed by atoms with Gasteiger partial charge in [0, 0.05) is 16.5 Å². The highest BCUT2D eigenvalue weighted by molar-refractivity contribution is 7.98. The number of benzene rings is 2. The van der Waals surface area contributed by atoms with E-state index in [9.17, 15) is 4.79 Å². The number of thioether (sulfide) groups is 1. The Morgan fingerprint density at radius 3 is 2.73 bits per heavy atom. The smallest absolute Gasteiger partial charge is 0.244 e. The van der Waals surface area contributed by atoms with E-state index >= 15 is 0 Å². The lowest BCUT2D eigenvalue weighted by Crippen LogP contribution is -2.20. The van der Waals surface area contributed by atoms with E-state index in [1.165, 1.54) is 11.8 Å². The summed E-state index contributed by atoms with van der Waals surface area (Å²) in [5.41, 5.74) is 8.61. The summed E-state index contributed by atoms with van der Waals surface area (Å²) in [6.07, 6.45) is 0. The number of amides is 1. The third-order valence-electron chi connectivity index (χ3n) is 3.71. The maximum atomic E-state index is 12.4. The van der Waals surface area contributed by atoms with Gasteiger partial charge >= 0.3 is 0 Å². The maximum absolute atomic E-state index is 12.4. The van der Waals surface area contributed by atoms with E-state index in [0.717, 1.165) is 11.1 Å². The van der Waals surface area contributed by atoms with Gasteiger partial charge in [-0.3, -0.25) is 9.36 Å². The molecule has 3 rings (SSSR count). The molecule has 0 spiro atoms. The van der Waals surface area contributed by atoms with Crippen molar-refractivity contribution in [3.63, 3.8) is 0 Å². The second kappa shape index (κ2) is 8.25. The van der Waals surface area contributed by atoms with Gasteiger partial charge < -0.3 is 11.1 Å². The molecular weight excluding hydrogens is 370 g/mol. The Morgan fingerprint density at radius 1 is 1.23 bits per heavy atom. The lowest BCUT2D eigenvalue weighted by Gasteiger charge is -2.10. The number of carbonyl (C=O) groups is 1. The summed E-state index contributed by atoms with van der Waals surface area (Å²) in [4.78, 5) is 12.4. The number of nitrogen functional groups attached to an aromatic ring is 1. The lowest BCUT2D eigenvalue weighted by molar-refractivity contribution is -0.116. The van der Waals surface area contributed by atoms with E-state index in [-0.39, 0.29) is 18.4 Å². The summed E-state index contributed by atoms with van der Waals surface area (Å²) in [7, 11) is 0. The number of nitrogens with one attached hydrogen (secondary N) is 1. The topological polar surface area (TPSA) is 85.8 Å². The number of hydrogen-bond acceptors (Lipinski definition) is 5. The molecule has 0 saturated heterocycles. The van der Waals surface area contributed by atoms with Crippen LogP contribution in [0, 0.1) is 6.92 Å². The predicted molar refractivity (Wildman–Crippen MR) is 105 cm³/mol. The number of hydrogen-bond donors (Lipinski definition) is 2. The molecule has 26 heavy (non-hydrogen) atoms. The summed E-state index contributed by atoms with van der Waals surface area (Å²) < 4.78 is 1.60. The molecule has 0 bridgehead atoms. The van der Waals surface area contributed by atoms with E-state index in [1.54, 1.807) is 16.7 Å². The van der Waals surface area contributed by atoms with E-state index < -0.39 is 0 Å². The second-order valence-electron chi connectivity index (χ2n) is 5.71. The lowest BCUT2D eigenvalue weighted by atomic mass is 10.2. The molecule has 8 heteroatoms. The number of halogens is 1. The molecule has 0 unspecified atom stereocenters. The fourth-order valence-electron chi connectivity index (χ4n) is 2.29. The summed E-state index contributed by atoms with van der Waals surface area (Å²) >= 11 is 7.57. The summed E-state index contributed by atoms with van der Waals surface area (Å²) in [5.74, 6) is 0.698. The molecule has 0 fully saturated rings. The minimum Gasteiger partial charge on any atom is -0.368 e. The van der Waals surface area contributed by atoms with Gasteiger partial charge in [-0.1, -0.05) is 59.8 Å². The number of nitrogens with zero attached hydrogens (tertiary/aromatic N) is 3. The fraction of sp³-hybridized carbons (Fsp3) is 0.167. The van der Waals surface area contributed by atoms with Crippen LogP contribution in [0.2, 0.25) is 5.02 Å². The van der Waals surface area contributed by atoms with Crippen LogP contribution >= 0.6 is 23.4 Å². The van der Waals surface area contributed by atoms with Crippen molar-refractivity contribution in [2.24, 2.45) is 0 Å².